The Balaban J connectivity index is 1.88. The highest BCUT2D eigenvalue weighted by Gasteiger charge is 2.16. The van der Waals surface area contributed by atoms with Crippen LogP contribution in [0.5, 0.6) is 17.2 Å². The van der Waals surface area contributed by atoms with Gasteiger partial charge in [-0.2, -0.15) is 8.78 Å². The van der Waals surface area contributed by atoms with E-state index in [-0.39, 0.29) is 24.4 Å². The summed E-state index contributed by atoms with van der Waals surface area (Å²) < 4.78 is 39.4. The van der Waals surface area contributed by atoms with Crippen LogP contribution in [0.25, 0.3) is 0 Å². The molecule has 2 rings (SSSR count). The number of halogens is 2. The zero-order valence-corrected chi connectivity index (χ0v) is 15.3. The molecule has 0 atom stereocenters. The predicted octanol–water partition coefficient (Wildman–Crippen LogP) is 2.35. The normalized spacial score (nSPS) is 10.3. The molecule has 2 N–H and O–H groups in total. The highest BCUT2D eigenvalue weighted by atomic mass is 19.3. The Kier molecular flexibility index (Phi) is 7.55. The van der Waals surface area contributed by atoms with Crippen molar-refractivity contribution in [1.29, 1.82) is 0 Å². The first-order valence-electron chi connectivity index (χ1n) is 8.24. The topological polar surface area (TPSA) is 85.9 Å². The van der Waals surface area contributed by atoms with Gasteiger partial charge in [0.2, 0.25) is 5.91 Å². The maximum absolute atomic E-state index is 12.4. The number of carbonyl (C=O) groups is 2. The van der Waals surface area contributed by atoms with Crippen molar-refractivity contribution in [3.8, 4) is 17.2 Å². The molecule has 7 nitrogen and oxygen atoms in total. The Morgan fingerprint density at radius 2 is 1.68 bits per heavy atom. The molecule has 9 heteroatoms. The molecule has 0 saturated heterocycles. The van der Waals surface area contributed by atoms with Crippen LogP contribution >= 0.6 is 0 Å². The molecule has 0 saturated carbocycles. The van der Waals surface area contributed by atoms with Gasteiger partial charge in [0, 0.05) is 6.54 Å². The SMILES string of the molecule is COc1ccc(CNC(=O)CNC(=O)c2ccccc2OC(F)F)cc1OC. The number of hydrogen-bond acceptors (Lipinski definition) is 5. The van der Waals surface area contributed by atoms with E-state index in [1.807, 2.05) is 0 Å². The summed E-state index contributed by atoms with van der Waals surface area (Å²) >= 11 is 0. The fourth-order valence-corrected chi connectivity index (χ4v) is 2.36. The molecule has 150 valence electrons. The molecule has 28 heavy (non-hydrogen) atoms. The highest BCUT2D eigenvalue weighted by Crippen LogP contribution is 2.27. The third-order valence-corrected chi connectivity index (χ3v) is 3.69. The number of methoxy groups -OCH3 is 2. The van der Waals surface area contributed by atoms with Gasteiger partial charge in [-0.1, -0.05) is 18.2 Å². The number of hydrogen-bond donors (Lipinski definition) is 2. The predicted molar refractivity (Wildman–Crippen MR) is 96.8 cm³/mol. The van der Waals surface area contributed by atoms with Crippen molar-refractivity contribution < 1.29 is 32.6 Å². The second-order valence-electron chi connectivity index (χ2n) is 5.52. The molecule has 0 aliphatic rings. The Bertz CT molecular complexity index is 830. The van der Waals surface area contributed by atoms with Crippen LogP contribution in [-0.4, -0.2) is 39.2 Å². The van der Waals surface area contributed by atoms with Crippen LogP contribution in [0.2, 0.25) is 0 Å². The second kappa shape index (κ2) is 10.1. The van der Waals surface area contributed by atoms with Crippen LogP contribution in [0.4, 0.5) is 8.78 Å². The Hall–Kier alpha value is -3.36. The Morgan fingerprint density at radius 1 is 0.964 bits per heavy atom. The molecule has 0 aromatic heterocycles. The van der Waals surface area contributed by atoms with Crippen molar-refractivity contribution in [3.05, 3.63) is 53.6 Å². The number of carbonyl (C=O) groups excluding carboxylic acids is 2. The van der Waals surface area contributed by atoms with E-state index in [4.69, 9.17) is 9.47 Å². The molecule has 0 radical (unpaired) electrons. The summed E-state index contributed by atoms with van der Waals surface area (Å²) in [6.45, 7) is -3.17. The van der Waals surface area contributed by atoms with Crippen LogP contribution in [0, 0.1) is 0 Å². The molecule has 0 heterocycles. The number of ether oxygens (including phenoxy) is 3. The third-order valence-electron chi connectivity index (χ3n) is 3.69. The van der Waals surface area contributed by atoms with Crippen molar-refractivity contribution in [3.63, 3.8) is 0 Å². The summed E-state index contributed by atoms with van der Waals surface area (Å²) in [6, 6.07) is 10.7. The average Bonchev–Trinajstić information content (AvgIpc) is 2.70. The van der Waals surface area contributed by atoms with Gasteiger partial charge in [-0.15, -0.1) is 0 Å². The average molecular weight is 394 g/mol. The van der Waals surface area contributed by atoms with Crippen molar-refractivity contribution in [2.45, 2.75) is 13.2 Å². The summed E-state index contributed by atoms with van der Waals surface area (Å²) in [7, 11) is 3.03. The van der Waals surface area contributed by atoms with Gasteiger partial charge in [0.1, 0.15) is 5.75 Å². The minimum absolute atomic E-state index is 0.0875. The first kappa shape index (κ1) is 20.9. The smallest absolute Gasteiger partial charge is 0.387 e. The van der Waals surface area contributed by atoms with Crippen LogP contribution < -0.4 is 24.8 Å². The van der Waals surface area contributed by atoms with E-state index in [0.29, 0.717) is 11.5 Å². The fourth-order valence-electron chi connectivity index (χ4n) is 2.36. The number of nitrogens with one attached hydrogen (secondary N) is 2. The van der Waals surface area contributed by atoms with Crippen molar-refractivity contribution in [2.24, 2.45) is 0 Å². The summed E-state index contributed by atoms with van der Waals surface area (Å²) in [5.74, 6) is -0.318. The maximum Gasteiger partial charge on any atom is 0.387 e. The minimum Gasteiger partial charge on any atom is -0.493 e. The molecular formula is C19H20F2N2O5. The van der Waals surface area contributed by atoms with Gasteiger partial charge in [-0.3, -0.25) is 9.59 Å². The lowest BCUT2D eigenvalue weighted by Gasteiger charge is -2.12. The first-order valence-corrected chi connectivity index (χ1v) is 8.24. The first-order chi connectivity index (χ1) is 13.4. The number of para-hydroxylation sites is 1. The number of alkyl halides is 2. The number of amides is 2. The molecule has 0 bridgehead atoms. The lowest BCUT2D eigenvalue weighted by Crippen LogP contribution is -2.36. The molecule has 2 aromatic rings. The van der Waals surface area contributed by atoms with E-state index in [1.165, 1.54) is 38.5 Å². The van der Waals surface area contributed by atoms with Crippen LogP contribution in [0.15, 0.2) is 42.5 Å². The van der Waals surface area contributed by atoms with E-state index in [9.17, 15) is 18.4 Å². The van der Waals surface area contributed by atoms with E-state index in [2.05, 4.69) is 15.4 Å². The van der Waals surface area contributed by atoms with Gasteiger partial charge in [0.15, 0.2) is 11.5 Å². The molecule has 2 aromatic carbocycles. The largest absolute Gasteiger partial charge is 0.493 e. The molecule has 0 unspecified atom stereocenters. The van der Waals surface area contributed by atoms with E-state index < -0.39 is 18.4 Å². The Labute approximate surface area is 160 Å². The summed E-state index contributed by atoms with van der Waals surface area (Å²) in [5.41, 5.74) is 0.684. The molecule has 0 aliphatic carbocycles. The van der Waals surface area contributed by atoms with E-state index in [1.54, 1.807) is 18.2 Å². The summed E-state index contributed by atoms with van der Waals surface area (Å²) in [5, 5.41) is 5.01. The quantitative estimate of drug-likeness (QED) is 0.682. The Morgan fingerprint density at radius 3 is 2.36 bits per heavy atom. The van der Waals surface area contributed by atoms with Crippen molar-refractivity contribution in [1.82, 2.24) is 10.6 Å². The monoisotopic (exact) mass is 394 g/mol. The van der Waals surface area contributed by atoms with Crippen LogP contribution in [0.1, 0.15) is 15.9 Å². The molecule has 0 fully saturated rings. The van der Waals surface area contributed by atoms with Gasteiger partial charge >= 0.3 is 6.61 Å². The second-order valence-corrected chi connectivity index (χ2v) is 5.52. The molecule has 0 aliphatic heterocycles. The number of rotatable bonds is 9. The number of benzene rings is 2. The van der Waals surface area contributed by atoms with Gasteiger partial charge < -0.3 is 24.8 Å². The summed E-state index contributed by atoms with van der Waals surface area (Å²) in [6.07, 6.45) is 0. The molecule has 0 spiro atoms. The maximum atomic E-state index is 12.4. The van der Waals surface area contributed by atoms with Gasteiger partial charge in [0.05, 0.1) is 26.3 Å². The van der Waals surface area contributed by atoms with Crippen molar-refractivity contribution >= 4 is 11.8 Å². The van der Waals surface area contributed by atoms with E-state index in [0.717, 1.165) is 5.56 Å². The van der Waals surface area contributed by atoms with E-state index >= 15 is 0 Å². The van der Waals surface area contributed by atoms with Crippen LogP contribution in [-0.2, 0) is 11.3 Å². The van der Waals surface area contributed by atoms with Crippen LogP contribution in [0.3, 0.4) is 0 Å². The zero-order valence-electron chi connectivity index (χ0n) is 15.3. The zero-order chi connectivity index (χ0) is 20.5. The molecular weight excluding hydrogens is 374 g/mol. The summed E-state index contributed by atoms with van der Waals surface area (Å²) in [4.78, 5) is 24.1. The lowest BCUT2D eigenvalue weighted by atomic mass is 10.2. The van der Waals surface area contributed by atoms with Gasteiger partial charge in [-0.05, 0) is 29.8 Å². The molecule has 2 amide bonds. The lowest BCUT2D eigenvalue weighted by molar-refractivity contribution is -0.120. The standard InChI is InChI=1S/C19H20F2N2O5/c1-26-15-8-7-12(9-16(15)27-2)10-22-17(24)11-23-18(25)13-5-3-4-6-14(13)28-19(20)21/h3-9,19H,10-11H2,1-2H3,(H,22,24)(H,23,25). The van der Waals surface area contributed by atoms with Gasteiger partial charge in [0.25, 0.3) is 5.91 Å². The van der Waals surface area contributed by atoms with Crippen molar-refractivity contribution in [2.75, 3.05) is 20.8 Å². The third kappa shape index (κ3) is 5.83. The van der Waals surface area contributed by atoms with Gasteiger partial charge in [-0.25, -0.2) is 0 Å². The minimum atomic E-state index is -3.06. The fraction of sp³-hybridized carbons (Fsp3) is 0.263. The highest BCUT2D eigenvalue weighted by molar-refractivity contribution is 5.98.